The Morgan fingerprint density at radius 3 is 2.10 bits per heavy atom. The van der Waals surface area contributed by atoms with E-state index in [-0.39, 0.29) is 19.5 Å². The SMILES string of the molecule is CN(CCCNS(=O)(=O)c1cc(F)cc(F)c1)S(C)(=O)=O. The summed E-state index contributed by atoms with van der Waals surface area (Å²) in [5.74, 6) is -1.99. The van der Waals surface area contributed by atoms with Crippen molar-refractivity contribution in [2.45, 2.75) is 11.3 Å². The number of nitrogens with one attached hydrogen (secondary N) is 1. The van der Waals surface area contributed by atoms with Gasteiger partial charge in [0.25, 0.3) is 0 Å². The quantitative estimate of drug-likeness (QED) is 0.733. The summed E-state index contributed by atoms with van der Waals surface area (Å²) in [6.45, 7) is 0.0686. The van der Waals surface area contributed by atoms with E-state index in [1.165, 1.54) is 7.05 Å². The van der Waals surface area contributed by atoms with Crippen molar-refractivity contribution in [3.05, 3.63) is 29.8 Å². The molecule has 0 saturated heterocycles. The van der Waals surface area contributed by atoms with Crippen molar-refractivity contribution in [1.29, 1.82) is 0 Å². The molecular formula is C11H16F2N2O4S2. The smallest absolute Gasteiger partial charge is 0.213 e. The van der Waals surface area contributed by atoms with Gasteiger partial charge in [0.1, 0.15) is 11.6 Å². The molecule has 10 heteroatoms. The number of nitrogens with zero attached hydrogens (tertiary/aromatic N) is 1. The highest BCUT2D eigenvalue weighted by molar-refractivity contribution is 7.89. The van der Waals surface area contributed by atoms with Crippen LogP contribution in [-0.4, -0.2) is 47.5 Å². The van der Waals surface area contributed by atoms with E-state index in [4.69, 9.17) is 0 Å². The van der Waals surface area contributed by atoms with Crippen molar-refractivity contribution in [3.8, 4) is 0 Å². The van der Waals surface area contributed by atoms with Gasteiger partial charge >= 0.3 is 0 Å². The molecular weight excluding hydrogens is 326 g/mol. The van der Waals surface area contributed by atoms with Gasteiger partial charge in [0.05, 0.1) is 11.2 Å². The zero-order valence-corrected chi connectivity index (χ0v) is 13.1. The lowest BCUT2D eigenvalue weighted by atomic mass is 10.3. The van der Waals surface area contributed by atoms with E-state index in [0.29, 0.717) is 18.2 Å². The van der Waals surface area contributed by atoms with E-state index >= 15 is 0 Å². The minimum absolute atomic E-state index is 0.0552. The molecule has 0 atom stereocenters. The van der Waals surface area contributed by atoms with E-state index in [1.807, 2.05) is 0 Å². The molecule has 0 unspecified atom stereocenters. The first kappa shape index (κ1) is 18.0. The van der Waals surface area contributed by atoms with E-state index in [1.54, 1.807) is 0 Å². The predicted molar refractivity (Wildman–Crippen MR) is 73.6 cm³/mol. The van der Waals surface area contributed by atoms with Gasteiger partial charge in [-0.05, 0) is 18.6 Å². The molecule has 0 heterocycles. The summed E-state index contributed by atoms with van der Waals surface area (Å²) >= 11 is 0. The summed E-state index contributed by atoms with van der Waals surface area (Å²) < 4.78 is 75.0. The van der Waals surface area contributed by atoms with Crippen molar-refractivity contribution in [1.82, 2.24) is 9.03 Å². The maximum absolute atomic E-state index is 13.0. The first-order valence-corrected chi connectivity index (χ1v) is 9.22. The minimum atomic E-state index is -4.04. The summed E-state index contributed by atoms with van der Waals surface area (Å²) in [7, 11) is -6.00. The number of sulfonamides is 2. The summed E-state index contributed by atoms with van der Waals surface area (Å²) in [4.78, 5) is -0.517. The van der Waals surface area contributed by atoms with Crippen molar-refractivity contribution in [3.63, 3.8) is 0 Å². The molecule has 0 aliphatic rings. The normalized spacial score (nSPS) is 12.8. The standard InChI is InChI=1S/C11H16F2N2O4S2/c1-15(20(2,16)17)5-3-4-14-21(18,19)11-7-9(12)6-10(13)8-11/h6-8,14H,3-5H2,1-2H3. The number of halogens is 2. The second kappa shape index (κ2) is 6.77. The van der Waals surface area contributed by atoms with E-state index < -0.39 is 36.6 Å². The molecule has 0 aromatic heterocycles. The van der Waals surface area contributed by atoms with Gasteiger partial charge in [-0.1, -0.05) is 0 Å². The Morgan fingerprint density at radius 1 is 1.10 bits per heavy atom. The van der Waals surface area contributed by atoms with Crippen LogP contribution in [0.4, 0.5) is 8.78 Å². The van der Waals surface area contributed by atoms with Gasteiger partial charge in [-0.3, -0.25) is 0 Å². The molecule has 1 N–H and O–H groups in total. The van der Waals surface area contributed by atoms with Crippen LogP contribution in [0.25, 0.3) is 0 Å². The Bertz CT molecular complexity index is 685. The second-order valence-electron chi connectivity index (χ2n) is 4.44. The Labute approximate surface area is 122 Å². The summed E-state index contributed by atoms with van der Waals surface area (Å²) in [6.07, 6.45) is 1.26. The summed E-state index contributed by atoms with van der Waals surface area (Å²) in [5.41, 5.74) is 0. The summed E-state index contributed by atoms with van der Waals surface area (Å²) in [5, 5.41) is 0. The Kier molecular flexibility index (Phi) is 5.79. The molecule has 0 spiro atoms. The van der Waals surface area contributed by atoms with Crippen LogP contribution in [0, 0.1) is 11.6 Å². The lowest BCUT2D eigenvalue weighted by Gasteiger charge is -2.14. The maximum atomic E-state index is 13.0. The second-order valence-corrected chi connectivity index (χ2v) is 8.30. The van der Waals surface area contributed by atoms with Crippen molar-refractivity contribution in [2.24, 2.45) is 0 Å². The molecule has 6 nitrogen and oxygen atoms in total. The predicted octanol–water partition coefficient (Wildman–Crippen LogP) is 0.525. The third kappa shape index (κ3) is 5.65. The first-order chi connectivity index (χ1) is 9.52. The van der Waals surface area contributed by atoms with Crippen molar-refractivity contribution < 1.29 is 25.6 Å². The topological polar surface area (TPSA) is 83.6 Å². The van der Waals surface area contributed by atoms with Crippen LogP contribution in [0.5, 0.6) is 0 Å². The lowest BCUT2D eigenvalue weighted by Crippen LogP contribution is -2.31. The fourth-order valence-electron chi connectivity index (χ4n) is 1.44. The number of benzene rings is 1. The zero-order valence-electron chi connectivity index (χ0n) is 11.5. The van der Waals surface area contributed by atoms with E-state index in [2.05, 4.69) is 4.72 Å². The highest BCUT2D eigenvalue weighted by Gasteiger charge is 2.16. The van der Waals surface area contributed by atoms with Gasteiger partial charge < -0.3 is 0 Å². The molecule has 0 saturated carbocycles. The van der Waals surface area contributed by atoms with Crippen molar-refractivity contribution in [2.75, 3.05) is 26.4 Å². The molecule has 1 aromatic rings. The fraction of sp³-hybridized carbons (Fsp3) is 0.455. The summed E-state index contributed by atoms with van der Waals surface area (Å²) in [6, 6.07) is 1.97. The van der Waals surface area contributed by atoms with Gasteiger partial charge in [0, 0.05) is 26.2 Å². The van der Waals surface area contributed by atoms with Crippen LogP contribution in [-0.2, 0) is 20.0 Å². The van der Waals surface area contributed by atoms with Gasteiger partial charge in [-0.2, -0.15) is 0 Å². The average Bonchev–Trinajstić information content (AvgIpc) is 2.32. The highest BCUT2D eigenvalue weighted by Crippen LogP contribution is 2.13. The molecule has 0 bridgehead atoms. The zero-order chi connectivity index (χ0) is 16.3. The molecule has 120 valence electrons. The molecule has 1 rings (SSSR count). The molecule has 0 aliphatic carbocycles. The lowest BCUT2D eigenvalue weighted by molar-refractivity contribution is 0.465. The van der Waals surface area contributed by atoms with Crippen LogP contribution < -0.4 is 4.72 Å². The van der Waals surface area contributed by atoms with Crippen LogP contribution >= 0.6 is 0 Å². The maximum Gasteiger partial charge on any atom is 0.240 e. The van der Waals surface area contributed by atoms with Gasteiger partial charge in [-0.25, -0.2) is 34.6 Å². The molecule has 1 aromatic carbocycles. The van der Waals surface area contributed by atoms with Crippen molar-refractivity contribution >= 4 is 20.0 Å². The molecule has 0 aliphatic heterocycles. The third-order valence-corrected chi connectivity index (χ3v) is 5.41. The van der Waals surface area contributed by atoms with Gasteiger partial charge in [0.15, 0.2) is 0 Å². The van der Waals surface area contributed by atoms with E-state index in [0.717, 1.165) is 10.6 Å². The largest absolute Gasteiger partial charge is 0.240 e. The molecule has 0 amide bonds. The number of rotatable bonds is 7. The minimum Gasteiger partial charge on any atom is -0.213 e. The molecule has 0 radical (unpaired) electrons. The Balaban J connectivity index is 2.62. The van der Waals surface area contributed by atoms with Crippen LogP contribution in [0.1, 0.15) is 6.42 Å². The third-order valence-electron chi connectivity index (χ3n) is 2.65. The average molecular weight is 342 g/mol. The van der Waals surface area contributed by atoms with Crippen LogP contribution in [0.15, 0.2) is 23.1 Å². The fourth-order valence-corrected chi connectivity index (χ4v) is 3.02. The van der Waals surface area contributed by atoms with E-state index in [9.17, 15) is 25.6 Å². The number of hydrogen-bond acceptors (Lipinski definition) is 4. The van der Waals surface area contributed by atoms with Gasteiger partial charge in [-0.15, -0.1) is 0 Å². The molecule has 0 fully saturated rings. The van der Waals surface area contributed by atoms with Gasteiger partial charge in [0.2, 0.25) is 20.0 Å². The molecule has 21 heavy (non-hydrogen) atoms. The highest BCUT2D eigenvalue weighted by atomic mass is 32.2. The van der Waals surface area contributed by atoms with Crippen LogP contribution in [0.2, 0.25) is 0 Å². The first-order valence-electron chi connectivity index (χ1n) is 5.89. The Hall–Kier alpha value is -1.10. The number of hydrogen-bond donors (Lipinski definition) is 1. The van der Waals surface area contributed by atoms with Crippen LogP contribution in [0.3, 0.4) is 0 Å². The monoisotopic (exact) mass is 342 g/mol. The Morgan fingerprint density at radius 2 is 1.62 bits per heavy atom.